The fourth-order valence-electron chi connectivity index (χ4n) is 1.67. The number of rotatable bonds is 6. The molecule has 0 fully saturated rings. The standard InChI is InChI=1S/C9H14N5O5P/c10-8-7-9(12-3-11-8)14(4-13-7)6(1-15)2-19-5-20(16,17)18/h3-4,6,15H,1-2,5H2,(H2,10,11,12)(H2,16,17,18)/t6-/m1/s1. The van der Waals surface area contributed by atoms with Gasteiger partial charge in [-0.1, -0.05) is 0 Å². The average molecular weight is 303 g/mol. The zero-order chi connectivity index (χ0) is 14.8. The summed E-state index contributed by atoms with van der Waals surface area (Å²) >= 11 is 0. The minimum absolute atomic E-state index is 0.100. The summed E-state index contributed by atoms with van der Waals surface area (Å²) in [5.74, 6) is 0.210. The highest BCUT2D eigenvalue weighted by Gasteiger charge is 2.19. The number of aliphatic hydroxyl groups is 1. The van der Waals surface area contributed by atoms with Crippen LogP contribution in [-0.4, -0.2) is 54.0 Å². The zero-order valence-corrected chi connectivity index (χ0v) is 11.2. The van der Waals surface area contributed by atoms with Gasteiger partial charge in [-0.3, -0.25) is 4.57 Å². The van der Waals surface area contributed by atoms with Crippen molar-refractivity contribution in [2.24, 2.45) is 0 Å². The summed E-state index contributed by atoms with van der Waals surface area (Å²) < 4.78 is 17.1. The molecule has 2 heterocycles. The number of anilines is 1. The maximum Gasteiger partial charge on any atom is 0.350 e. The Bertz CT molecular complexity index is 641. The lowest BCUT2D eigenvalue weighted by Gasteiger charge is -2.16. The molecule has 0 radical (unpaired) electrons. The van der Waals surface area contributed by atoms with E-state index >= 15 is 0 Å². The normalized spacial score (nSPS) is 13.8. The van der Waals surface area contributed by atoms with Crippen LogP contribution < -0.4 is 5.73 Å². The third kappa shape index (κ3) is 3.30. The summed E-state index contributed by atoms with van der Waals surface area (Å²) in [6, 6.07) is -0.583. The first-order chi connectivity index (χ1) is 9.42. The predicted molar refractivity (Wildman–Crippen MR) is 68.7 cm³/mol. The van der Waals surface area contributed by atoms with Crippen molar-refractivity contribution in [1.29, 1.82) is 0 Å². The Morgan fingerprint density at radius 3 is 2.80 bits per heavy atom. The monoisotopic (exact) mass is 303 g/mol. The first kappa shape index (κ1) is 14.8. The molecule has 2 rings (SSSR count). The van der Waals surface area contributed by atoms with Crippen LogP contribution in [0.1, 0.15) is 6.04 Å². The van der Waals surface area contributed by atoms with Gasteiger partial charge in [-0.15, -0.1) is 0 Å². The van der Waals surface area contributed by atoms with Crippen molar-refractivity contribution in [2.45, 2.75) is 6.04 Å². The number of imidazole rings is 1. The van der Waals surface area contributed by atoms with Gasteiger partial charge in [-0.05, 0) is 0 Å². The minimum Gasteiger partial charge on any atom is -0.394 e. The van der Waals surface area contributed by atoms with Gasteiger partial charge in [0, 0.05) is 0 Å². The fourth-order valence-corrected chi connectivity index (χ4v) is 2.01. The second-order valence-electron chi connectivity index (χ2n) is 4.08. The van der Waals surface area contributed by atoms with Crippen LogP contribution >= 0.6 is 7.60 Å². The predicted octanol–water partition coefficient (Wildman–Crippen LogP) is -0.906. The van der Waals surface area contributed by atoms with E-state index < -0.39 is 20.0 Å². The lowest BCUT2D eigenvalue weighted by Crippen LogP contribution is -2.19. The zero-order valence-electron chi connectivity index (χ0n) is 10.3. The van der Waals surface area contributed by atoms with Crippen LogP contribution in [0.4, 0.5) is 5.82 Å². The Morgan fingerprint density at radius 1 is 1.40 bits per heavy atom. The van der Waals surface area contributed by atoms with Crippen LogP contribution in [-0.2, 0) is 9.30 Å². The SMILES string of the molecule is Nc1ncnc2c1ncn2[C@H](CO)COCP(=O)(O)O. The van der Waals surface area contributed by atoms with Crippen LogP contribution in [0.5, 0.6) is 0 Å². The third-order valence-electron chi connectivity index (χ3n) is 2.56. The van der Waals surface area contributed by atoms with E-state index in [9.17, 15) is 9.67 Å². The van der Waals surface area contributed by atoms with E-state index in [0.29, 0.717) is 11.2 Å². The highest BCUT2D eigenvalue weighted by Crippen LogP contribution is 2.34. The molecule has 1 atom stereocenters. The molecular formula is C9H14N5O5P. The first-order valence-corrected chi connectivity index (χ1v) is 7.38. The number of aliphatic hydroxyl groups excluding tert-OH is 1. The second kappa shape index (κ2) is 5.81. The van der Waals surface area contributed by atoms with E-state index in [-0.39, 0.29) is 19.0 Å². The average Bonchev–Trinajstić information content (AvgIpc) is 2.79. The van der Waals surface area contributed by atoms with E-state index in [1.54, 1.807) is 0 Å². The van der Waals surface area contributed by atoms with E-state index in [1.165, 1.54) is 17.2 Å². The summed E-state index contributed by atoms with van der Waals surface area (Å²) in [6.07, 6.45) is 1.96. The number of ether oxygens (including phenoxy) is 1. The van der Waals surface area contributed by atoms with Crippen LogP contribution in [0, 0.1) is 0 Å². The molecular weight excluding hydrogens is 289 g/mol. The molecule has 110 valence electrons. The molecule has 2 aromatic heterocycles. The lowest BCUT2D eigenvalue weighted by atomic mass is 10.3. The number of hydrogen-bond donors (Lipinski definition) is 4. The molecule has 0 aliphatic heterocycles. The smallest absolute Gasteiger partial charge is 0.350 e. The van der Waals surface area contributed by atoms with Crippen LogP contribution in [0.2, 0.25) is 0 Å². The molecule has 0 spiro atoms. The Morgan fingerprint density at radius 2 is 2.15 bits per heavy atom. The minimum atomic E-state index is -4.24. The van der Waals surface area contributed by atoms with Crippen molar-refractivity contribution >= 4 is 24.6 Å². The van der Waals surface area contributed by atoms with Crippen molar-refractivity contribution in [1.82, 2.24) is 19.5 Å². The van der Waals surface area contributed by atoms with Crippen LogP contribution in [0.3, 0.4) is 0 Å². The largest absolute Gasteiger partial charge is 0.394 e. The molecule has 0 aliphatic carbocycles. The van der Waals surface area contributed by atoms with Gasteiger partial charge in [0.25, 0.3) is 0 Å². The molecule has 5 N–H and O–H groups in total. The van der Waals surface area contributed by atoms with E-state index in [0.717, 1.165) is 0 Å². The van der Waals surface area contributed by atoms with Crippen molar-refractivity contribution in [2.75, 3.05) is 25.3 Å². The number of nitrogens with zero attached hydrogens (tertiary/aromatic N) is 4. The first-order valence-electron chi connectivity index (χ1n) is 5.58. The lowest BCUT2D eigenvalue weighted by molar-refractivity contribution is 0.0951. The summed E-state index contributed by atoms with van der Waals surface area (Å²) in [7, 11) is -4.24. The molecule has 10 nitrogen and oxygen atoms in total. The number of fused-ring (bicyclic) bond motifs is 1. The topological polar surface area (TPSA) is 157 Å². The Kier molecular flexibility index (Phi) is 4.31. The van der Waals surface area contributed by atoms with Crippen molar-refractivity contribution in [3.05, 3.63) is 12.7 Å². The van der Waals surface area contributed by atoms with E-state index in [2.05, 4.69) is 15.0 Å². The molecule has 0 saturated heterocycles. The fraction of sp³-hybridized carbons (Fsp3) is 0.444. The van der Waals surface area contributed by atoms with Gasteiger partial charge >= 0.3 is 7.60 Å². The molecule has 0 aromatic carbocycles. The van der Waals surface area contributed by atoms with Gasteiger partial charge in [0.2, 0.25) is 0 Å². The molecule has 0 unspecified atom stereocenters. The molecule has 11 heteroatoms. The van der Waals surface area contributed by atoms with Crippen molar-refractivity contribution in [3.8, 4) is 0 Å². The molecule has 2 aromatic rings. The summed E-state index contributed by atoms with van der Waals surface area (Å²) in [6.45, 7) is -0.409. The van der Waals surface area contributed by atoms with Crippen LogP contribution in [0.15, 0.2) is 12.7 Å². The molecule has 20 heavy (non-hydrogen) atoms. The highest BCUT2D eigenvalue weighted by molar-refractivity contribution is 7.51. The van der Waals surface area contributed by atoms with Crippen molar-refractivity contribution < 1.29 is 24.2 Å². The number of hydrogen-bond acceptors (Lipinski definition) is 7. The Hall–Kier alpha value is -1.58. The van der Waals surface area contributed by atoms with Gasteiger partial charge in [-0.2, -0.15) is 0 Å². The van der Waals surface area contributed by atoms with Crippen molar-refractivity contribution in [3.63, 3.8) is 0 Å². The Balaban J connectivity index is 2.18. The third-order valence-corrected chi connectivity index (χ3v) is 3.08. The number of nitrogen functional groups attached to an aromatic ring is 1. The second-order valence-corrected chi connectivity index (χ2v) is 5.67. The van der Waals surface area contributed by atoms with Gasteiger partial charge in [-0.25, -0.2) is 15.0 Å². The molecule has 0 saturated carbocycles. The summed E-state index contributed by atoms with van der Waals surface area (Å²) in [5.41, 5.74) is 6.45. The summed E-state index contributed by atoms with van der Waals surface area (Å²) in [4.78, 5) is 29.3. The van der Waals surface area contributed by atoms with E-state index in [4.69, 9.17) is 20.3 Å². The summed E-state index contributed by atoms with van der Waals surface area (Å²) in [5, 5.41) is 9.36. The van der Waals surface area contributed by atoms with Gasteiger partial charge in [0.15, 0.2) is 11.5 Å². The molecule has 0 aliphatic rings. The quantitative estimate of drug-likeness (QED) is 0.496. The Labute approximate surface area is 113 Å². The highest BCUT2D eigenvalue weighted by atomic mass is 31.2. The van der Waals surface area contributed by atoms with Crippen LogP contribution in [0.25, 0.3) is 11.2 Å². The maximum atomic E-state index is 10.7. The number of aromatic nitrogens is 4. The maximum absolute atomic E-state index is 10.7. The molecule has 0 bridgehead atoms. The number of nitrogens with two attached hydrogens (primary N) is 1. The van der Waals surface area contributed by atoms with Gasteiger partial charge in [0.05, 0.1) is 25.6 Å². The van der Waals surface area contributed by atoms with E-state index in [1.807, 2.05) is 0 Å². The molecule has 0 amide bonds. The van der Waals surface area contributed by atoms with Gasteiger partial charge in [0.1, 0.15) is 18.2 Å². The van der Waals surface area contributed by atoms with Gasteiger partial charge < -0.3 is 29.9 Å².